The summed E-state index contributed by atoms with van der Waals surface area (Å²) in [7, 11) is 3.74. The molecule has 1 aliphatic heterocycles. The Bertz CT molecular complexity index is 614. The van der Waals surface area contributed by atoms with E-state index >= 15 is 0 Å². The molecule has 2 aromatic rings. The third-order valence-electron chi connectivity index (χ3n) is 4.54. The van der Waals surface area contributed by atoms with Gasteiger partial charge in [0.05, 0.1) is 11.6 Å². The summed E-state index contributed by atoms with van der Waals surface area (Å²) < 4.78 is 17.5. The zero-order chi connectivity index (χ0) is 14.9. The summed E-state index contributed by atoms with van der Waals surface area (Å²) in [6, 6.07) is 8.41. The van der Waals surface area contributed by atoms with Gasteiger partial charge in [-0.15, -0.1) is 0 Å². The largest absolute Gasteiger partial charge is 0.459 e. The van der Waals surface area contributed by atoms with Gasteiger partial charge in [0.1, 0.15) is 11.3 Å². The number of hydrogen-bond donors (Lipinski definition) is 1. The van der Waals surface area contributed by atoms with Gasteiger partial charge >= 0.3 is 0 Å². The molecule has 0 radical (unpaired) electrons. The van der Waals surface area contributed by atoms with Gasteiger partial charge < -0.3 is 19.2 Å². The lowest BCUT2D eigenvalue weighted by Crippen LogP contribution is -2.48. The van der Waals surface area contributed by atoms with Crippen LogP contribution in [0.1, 0.15) is 30.2 Å². The molecule has 0 aliphatic carbocycles. The van der Waals surface area contributed by atoms with E-state index in [1.165, 1.54) is 5.56 Å². The van der Waals surface area contributed by atoms with E-state index in [1.807, 2.05) is 13.1 Å². The molecular formula is C17H23NO3. The van der Waals surface area contributed by atoms with Gasteiger partial charge in [-0.3, -0.25) is 0 Å². The number of aryl methyl sites for hydroxylation is 1. The van der Waals surface area contributed by atoms with Crippen LogP contribution < -0.4 is 5.32 Å². The number of hydrogen-bond acceptors (Lipinski definition) is 4. The van der Waals surface area contributed by atoms with Gasteiger partial charge in [0.15, 0.2) is 0 Å². The predicted molar refractivity (Wildman–Crippen MR) is 82.5 cm³/mol. The van der Waals surface area contributed by atoms with Crippen LogP contribution in [0.5, 0.6) is 0 Å². The Balaban J connectivity index is 2.00. The summed E-state index contributed by atoms with van der Waals surface area (Å²) >= 11 is 0. The SMILES string of the molecule is CNC(c1cc2cc(C)ccc2o1)C1(OC)CCOCC1. The summed E-state index contributed by atoms with van der Waals surface area (Å²) in [6.45, 7) is 3.55. The Morgan fingerprint density at radius 1 is 1.24 bits per heavy atom. The van der Waals surface area contributed by atoms with E-state index in [9.17, 15) is 0 Å². The van der Waals surface area contributed by atoms with Crippen LogP contribution in [0.4, 0.5) is 0 Å². The molecule has 0 amide bonds. The molecule has 4 nitrogen and oxygen atoms in total. The van der Waals surface area contributed by atoms with Crippen molar-refractivity contribution in [2.75, 3.05) is 27.4 Å². The zero-order valence-electron chi connectivity index (χ0n) is 12.9. The minimum atomic E-state index is -0.268. The van der Waals surface area contributed by atoms with E-state index in [2.05, 4.69) is 30.4 Å². The van der Waals surface area contributed by atoms with Crippen molar-refractivity contribution in [1.29, 1.82) is 0 Å². The first-order chi connectivity index (χ1) is 10.2. The van der Waals surface area contributed by atoms with Crippen LogP contribution in [-0.2, 0) is 9.47 Å². The lowest BCUT2D eigenvalue weighted by molar-refractivity contribution is -0.113. The Kier molecular flexibility index (Phi) is 4.02. The smallest absolute Gasteiger partial charge is 0.134 e. The number of nitrogens with one attached hydrogen (secondary N) is 1. The Morgan fingerprint density at radius 3 is 2.67 bits per heavy atom. The first-order valence-corrected chi connectivity index (χ1v) is 7.49. The molecule has 1 unspecified atom stereocenters. The van der Waals surface area contributed by atoms with Gasteiger partial charge in [0, 0.05) is 38.6 Å². The first kappa shape index (κ1) is 14.6. The topological polar surface area (TPSA) is 43.6 Å². The predicted octanol–water partition coefficient (Wildman–Crippen LogP) is 3.20. The second kappa shape index (κ2) is 5.79. The van der Waals surface area contributed by atoms with Crippen molar-refractivity contribution in [3.63, 3.8) is 0 Å². The second-order valence-corrected chi connectivity index (χ2v) is 5.79. The number of ether oxygens (including phenoxy) is 2. The van der Waals surface area contributed by atoms with Crippen LogP contribution in [0.15, 0.2) is 28.7 Å². The molecule has 1 aromatic heterocycles. The second-order valence-electron chi connectivity index (χ2n) is 5.79. The van der Waals surface area contributed by atoms with E-state index in [-0.39, 0.29) is 11.6 Å². The van der Waals surface area contributed by atoms with E-state index in [0.29, 0.717) is 0 Å². The maximum atomic E-state index is 6.07. The Morgan fingerprint density at radius 2 is 2.00 bits per heavy atom. The molecule has 1 N–H and O–H groups in total. The van der Waals surface area contributed by atoms with Crippen molar-refractivity contribution in [1.82, 2.24) is 5.32 Å². The molecule has 1 aromatic carbocycles. The lowest BCUT2D eigenvalue weighted by atomic mass is 9.84. The third-order valence-corrected chi connectivity index (χ3v) is 4.54. The Labute approximate surface area is 125 Å². The van der Waals surface area contributed by atoms with Crippen molar-refractivity contribution >= 4 is 11.0 Å². The fourth-order valence-corrected chi connectivity index (χ4v) is 3.32. The highest BCUT2D eigenvalue weighted by atomic mass is 16.5. The molecule has 3 rings (SSSR count). The standard InChI is InChI=1S/C17H23NO3/c1-12-4-5-14-13(10-12)11-15(21-14)16(18-2)17(19-3)6-8-20-9-7-17/h4-5,10-11,16,18H,6-9H2,1-3H3. The molecule has 1 aliphatic rings. The average molecular weight is 289 g/mol. The third kappa shape index (κ3) is 2.59. The quantitative estimate of drug-likeness (QED) is 0.938. The van der Waals surface area contributed by atoms with Gasteiger partial charge in [0.2, 0.25) is 0 Å². The Hall–Kier alpha value is -1.36. The molecule has 0 saturated carbocycles. The number of likely N-dealkylation sites (N-methyl/N-ethyl adjacent to an activating group) is 1. The molecule has 0 spiro atoms. The fourth-order valence-electron chi connectivity index (χ4n) is 3.32. The normalized spacial score (nSPS) is 19.8. The molecule has 114 valence electrons. The summed E-state index contributed by atoms with van der Waals surface area (Å²) in [5.41, 5.74) is 1.90. The monoisotopic (exact) mass is 289 g/mol. The van der Waals surface area contributed by atoms with E-state index < -0.39 is 0 Å². The average Bonchev–Trinajstić information content (AvgIpc) is 2.91. The van der Waals surface area contributed by atoms with E-state index in [0.717, 1.165) is 42.8 Å². The van der Waals surface area contributed by atoms with Crippen LogP contribution in [0.3, 0.4) is 0 Å². The number of methoxy groups -OCH3 is 1. The highest BCUT2D eigenvalue weighted by Gasteiger charge is 2.42. The van der Waals surface area contributed by atoms with Gasteiger partial charge in [-0.25, -0.2) is 0 Å². The lowest BCUT2D eigenvalue weighted by Gasteiger charge is -2.41. The van der Waals surface area contributed by atoms with Crippen molar-refractivity contribution in [2.45, 2.75) is 31.4 Å². The van der Waals surface area contributed by atoms with Crippen LogP contribution in [-0.4, -0.2) is 33.0 Å². The molecule has 2 heterocycles. The van der Waals surface area contributed by atoms with Crippen molar-refractivity contribution in [3.8, 4) is 0 Å². The number of fused-ring (bicyclic) bond motifs is 1. The molecule has 0 bridgehead atoms. The van der Waals surface area contributed by atoms with Gasteiger partial charge in [-0.1, -0.05) is 11.6 Å². The molecule has 4 heteroatoms. The number of rotatable bonds is 4. The summed E-state index contributed by atoms with van der Waals surface area (Å²) in [5.74, 6) is 0.932. The van der Waals surface area contributed by atoms with Crippen molar-refractivity contribution in [2.24, 2.45) is 0 Å². The molecule has 21 heavy (non-hydrogen) atoms. The summed E-state index contributed by atoms with van der Waals surface area (Å²) in [6.07, 6.45) is 1.73. The van der Waals surface area contributed by atoms with Crippen molar-refractivity contribution in [3.05, 3.63) is 35.6 Å². The summed E-state index contributed by atoms with van der Waals surface area (Å²) in [5, 5.41) is 4.52. The number of benzene rings is 1. The minimum Gasteiger partial charge on any atom is -0.459 e. The molecule has 1 atom stereocenters. The van der Waals surface area contributed by atoms with Gasteiger partial charge in [-0.05, 0) is 32.2 Å². The minimum absolute atomic E-state index is 0.0270. The highest BCUT2D eigenvalue weighted by Crippen LogP contribution is 2.39. The van der Waals surface area contributed by atoms with Gasteiger partial charge in [0.25, 0.3) is 0 Å². The van der Waals surface area contributed by atoms with Crippen LogP contribution >= 0.6 is 0 Å². The maximum Gasteiger partial charge on any atom is 0.134 e. The summed E-state index contributed by atoms with van der Waals surface area (Å²) in [4.78, 5) is 0. The number of furan rings is 1. The molecular weight excluding hydrogens is 266 g/mol. The van der Waals surface area contributed by atoms with Gasteiger partial charge in [-0.2, -0.15) is 0 Å². The first-order valence-electron chi connectivity index (χ1n) is 7.49. The molecule has 1 fully saturated rings. The van der Waals surface area contributed by atoms with E-state index in [1.54, 1.807) is 7.11 Å². The van der Waals surface area contributed by atoms with Crippen molar-refractivity contribution < 1.29 is 13.9 Å². The molecule has 1 saturated heterocycles. The maximum absolute atomic E-state index is 6.07. The van der Waals surface area contributed by atoms with E-state index in [4.69, 9.17) is 13.9 Å². The zero-order valence-corrected chi connectivity index (χ0v) is 12.9. The van der Waals surface area contributed by atoms with Crippen LogP contribution in [0.25, 0.3) is 11.0 Å². The highest BCUT2D eigenvalue weighted by molar-refractivity contribution is 5.78. The fraction of sp³-hybridized carbons (Fsp3) is 0.529. The van der Waals surface area contributed by atoms with Crippen LogP contribution in [0.2, 0.25) is 0 Å². The van der Waals surface area contributed by atoms with Crippen LogP contribution in [0, 0.1) is 6.92 Å².